The van der Waals surface area contributed by atoms with Crippen LogP contribution in [0.4, 0.5) is 5.95 Å². The lowest BCUT2D eigenvalue weighted by atomic mass is 9.75. The average Bonchev–Trinajstić information content (AvgIpc) is 2.68. The molecule has 2 aliphatic rings. The van der Waals surface area contributed by atoms with E-state index in [0.29, 0.717) is 12.5 Å². The molecule has 3 heterocycles. The summed E-state index contributed by atoms with van der Waals surface area (Å²) in [4.78, 5) is 14.2. The van der Waals surface area contributed by atoms with Crippen LogP contribution in [-0.2, 0) is 9.31 Å². The molecular formula is C14H20BClN4O2. The fourth-order valence-electron chi connectivity index (χ4n) is 2.50. The van der Waals surface area contributed by atoms with Crippen LogP contribution in [0.3, 0.4) is 0 Å². The third kappa shape index (κ3) is 2.85. The lowest BCUT2D eigenvalue weighted by Crippen LogP contribution is -2.41. The van der Waals surface area contributed by atoms with E-state index in [4.69, 9.17) is 20.9 Å². The molecule has 0 spiro atoms. The third-order valence-corrected chi connectivity index (χ3v) is 4.79. The smallest absolute Gasteiger partial charge is 0.400 e. The van der Waals surface area contributed by atoms with Gasteiger partial charge in [-0.2, -0.15) is 4.98 Å². The summed E-state index contributed by atoms with van der Waals surface area (Å²) in [5, 5.41) is 0.214. The van der Waals surface area contributed by atoms with Gasteiger partial charge in [0.25, 0.3) is 0 Å². The lowest BCUT2D eigenvalue weighted by Gasteiger charge is -2.32. The SMILES string of the molecule is CC1(C)OB(C2=CCN(c3ncnc(Cl)n3)CC2)OC1(C)C. The van der Waals surface area contributed by atoms with Crippen LogP contribution in [0.25, 0.3) is 0 Å². The van der Waals surface area contributed by atoms with Gasteiger partial charge >= 0.3 is 7.12 Å². The highest BCUT2D eigenvalue weighted by Gasteiger charge is 2.52. The topological polar surface area (TPSA) is 60.4 Å². The molecule has 8 heteroatoms. The Bertz CT molecular complexity index is 592. The van der Waals surface area contributed by atoms with Gasteiger partial charge in [-0.15, -0.1) is 0 Å². The molecular weight excluding hydrogens is 302 g/mol. The molecule has 0 aliphatic carbocycles. The normalized spacial score (nSPS) is 23.6. The van der Waals surface area contributed by atoms with Crippen molar-refractivity contribution in [1.29, 1.82) is 0 Å². The Morgan fingerprint density at radius 3 is 2.41 bits per heavy atom. The van der Waals surface area contributed by atoms with Crippen LogP contribution in [0.1, 0.15) is 34.1 Å². The molecule has 1 saturated heterocycles. The molecule has 0 saturated carbocycles. The maximum Gasteiger partial charge on any atom is 0.490 e. The Morgan fingerprint density at radius 1 is 1.18 bits per heavy atom. The molecule has 1 aromatic rings. The number of hydrogen-bond acceptors (Lipinski definition) is 6. The fraction of sp³-hybridized carbons (Fsp3) is 0.643. The molecule has 0 atom stereocenters. The zero-order valence-electron chi connectivity index (χ0n) is 13.3. The summed E-state index contributed by atoms with van der Waals surface area (Å²) < 4.78 is 12.2. The van der Waals surface area contributed by atoms with Gasteiger partial charge in [-0.25, -0.2) is 9.97 Å². The zero-order chi connectivity index (χ0) is 16.0. The van der Waals surface area contributed by atoms with E-state index in [-0.39, 0.29) is 23.6 Å². The number of rotatable bonds is 2. The molecule has 0 bridgehead atoms. The Morgan fingerprint density at radius 2 is 1.86 bits per heavy atom. The lowest BCUT2D eigenvalue weighted by molar-refractivity contribution is 0.00578. The highest BCUT2D eigenvalue weighted by molar-refractivity contribution is 6.54. The summed E-state index contributed by atoms with van der Waals surface area (Å²) in [7, 11) is -0.269. The molecule has 118 valence electrons. The van der Waals surface area contributed by atoms with Gasteiger partial charge < -0.3 is 14.2 Å². The predicted molar refractivity (Wildman–Crippen MR) is 85.8 cm³/mol. The number of anilines is 1. The van der Waals surface area contributed by atoms with E-state index >= 15 is 0 Å². The first-order chi connectivity index (χ1) is 10.3. The summed E-state index contributed by atoms with van der Waals surface area (Å²) >= 11 is 5.81. The second kappa shape index (κ2) is 5.47. The van der Waals surface area contributed by atoms with Crippen molar-refractivity contribution in [3.05, 3.63) is 23.2 Å². The minimum absolute atomic E-state index is 0.214. The molecule has 6 nitrogen and oxygen atoms in total. The largest absolute Gasteiger partial charge is 0.490 e. The van der Waals surface area contributed by atoms with E-state index < -0.39 is 0 Å². The van der Waals surface area contributed by atoms with Gasteiger partial charge in [-0.1, -0.05) is 6.08 Å². The Balaban J connectivity index is 1.70. The Hall–Kier alpha value is -1.18. The van der Waals surface area contributed by atoms with Crippen molar-refractivity contribution in [1.82, 2.24) is 15.0 Å². The number of halogens is 1. The van der Waals surface area contributed by atoms with E-state index in [9.17, 15) is 0 Å². The first kappa shape index (κ1) is 15.7. The van der Waals surface area contributed by atoms with E-state index in [1.165, 1.54) is 11.8 Å². The van der Waals surface area contributed by atoms with E-state index in [1.807, 2.05) is 0 Å². The van der Waals surface area contributed by atoms with E-state index in [0.717, 1.165) is 13.0 Å². The van der Waals surface area contributed by atoms with Crippen molar-refractivity contribution in [2.24, 2.45) is 0 Å². The molecule has 0 aromatic carbocycles. The standard InChI is InChI=1S/C14H20BClN4O2/c1-13(2)14(3,4)22-15(21-13)10-5-7-20(8-6-10)12-18-9-17-11(16)19-12/h5,9H,6-8H2,1-4H3. The predicted octanol–water partition coefficient (Wildman–Crippen LogP) is 2.29. The van der Waals surface area contributed by atoms with Crippen LogP contribution >= 0.6 is 11.6 Å². The number of aromatic nitrogens is 3. The van der Waals surface area contributed by atoms with Crippen LogP contribution < -0.4 is 4.90 Å². The molecule has 1 fully saturated rings. The van der Waals surface area contributed by atoms with Crippen LogP contribution in [0.2, 0.25) is 5.28 Å². The Labute approximate surface area is 136 Å². The third-order valence-electron chi connectivity index (χ3n) is 4.61. The summed E-state index contributed by atoms with van der Waals surface area (Å²) in [6.07, 6.45) is 4.40. The molecule has 2 aliphatic heterocycles. The zero-order valence-corrected chi connectivity index (χ0v) is 14.1. The summed E-state index contributed by atoms with van der Waals surface area (Å²) in [5.41, 5.74) is 0.560. The minimum Gasteiger partial charge on any atom is -0.400 e. The van der Waals surface area contributed by atoms with Crippen molar-refractivity contribution in [3.8, 4) is 0 Å². The van der Waals surface area contributed by atoms with Gasteiger partial charge in [0.2, 0.25) is 11.2 Å². The molecule has 0 radical (unpaired) electrons. The molecule has 22 heavy (non-hydrogen) atoms. The van der Waals surface area contributed by atoms with Crippen molar-refractivity contribution in [2.75, 3.05) is 18.0 Å². The quantitative estimate of drug-likeness (QED) is 0.779. The van der Waals surface area contributed by atoms with Crippen molar-refractivity contribution in [3.63, 3.8) is 0 Å². The highest BCUT2D eigenvalue weighted by atomic mass is 35.5. The molecule has 0 amide bonds. The maximum atomic E-state index is 6.09. The maximum absolute atomic E-state index is 6.09. The van der Waals surface area contributed by atoms with Gasteiger partial charge in [-0.3, -0.25) is 0 Å². The molecule has 0 N–H and O–H groups in total. The van der Waals surface area contributed by atoms with Crippen molar-refractivity contribution < 1.29 is 9.31 Å². The fourth-order valence-corrected chi connectivity index (χ4v) is 2.62. The first-order valence-corrected chi connectivity index (χ1v) is 7.80. The highest BCUT2D eigenvalue weighted by Crippen LogP contribution is 2.39. The van der Waals surface area contributed by atoms with Gasteiger partial charge in [0, 0.05) is 13.1 Å². The van der Waals surface area contributed by atoms with Gasteiger partial charge in [-0.05, 0) is 51.2 Å². The summed E-state index contributed by atoms with van der Waals surface area (Å²) in [5.74, 6) is 0.601. The number of hydrogen-bond donors (Lipinski definition) is 0. The Kier molecular flexibility index (Phi) is 3.91. The second-order valence-electron chi connectivity index (χ2n) is 6.62. The molecule has 3 rings (SSSR count). The van der Waals surface area contributed by atoms with Crippen LogP contribution in [-0.4, -0.2) is 46.4 Å². The van der Waals surface area contributed by atoms with Crippen LogP contribution in [0, 0.1) is 0 Å². The van der Waals surface area contributed by atoms with Crippen molar-refractivity contribution >= 4 is 24.7 Å². The summed E-state index contributed by atoms with van der Waals surface area (Å²) in [6.45, 7) is 9.77. The minimum atomic E-state index is -0.308. The van der Waals surface area contributed by atoms with Gasteiger partial charge in [0.1, 0.15) is 6.33 Å². The van der Waals surface area contributed by atoms with Gasteiger partial charge in [0.15, 0.2) is 0 Å². The second-order valence-corrected chi connectivity index (χ2v) is 6.96. The van der Waals surface area contributed by atoms with Crippen LogP contribution in [0.15, 0.2) is 17.9 Å². The van der Waals surface area contributed by atoms with Gasteiger partial charge in [0.05, 0.1) is 11.2 Å². The number of nitrogens with zero attached hydrogens (tertiary/aromatic N) is 4. The van der Waals surface area contributed by atoms with Crippen molar-refractivity contribution in [2.45, 2.75) is 45.3 Å². The van der Waals surface area contributed by atoms with E-state index in [1.54, 1.807) is 0 Å². The molecule has 0 unspecified atom stereocenters. The van der Waals surface area contributed by atoms with E-state index in [2.05, 4.69) is 53.6 Å². The summed E-state index contributed by atoms with van der Waals surface area (Å²) in [6, 6.07) is 0. The average molecular weight is 323 g/mol. The monoisotopic (exact) mass is 322 g/mol. The first-order valence-electron chi connectivity index (χ1n) is 7.42. The van der Waals surface area contributed by atoms with Crippen LogP contribution in [0.5, 0.6) is 0 Å². The molecule has 1 aromatic heterocycles.